The Morgan fingerprint density at radius 1 is 1.05 bits per heavy atom. The highest BCUT2D eigenvalue weighted by Crippen LogP contribution is 2.50. The third-order valence-electron chi connectivity index (χ3n) is 5.69. The number of aliphatic hydroxyl groups excluding tert-OH is 1. The van der Waals surface area contributed by atoms with Crippen molar-refractivity contribution in [3.05, 3.63) is 24.2 Å². The molecule has 1 aromatic heterocycles. The molecular weight excluding hydrogens is 236 g/mol. The average molecular weight is 262 g/mol. The van der Waals surface area contributed by atoms with Crippen LogP contribution in [0.1, 0.15) is 56.9 Å². The first-order valence-electron chi connectivity index (χ1n) is 7.92. The Balaban J connectivity index is 1.49. The summed E-state index contributed by atoms with van der Waals surface area (Å²) in [7, 11) is 0. The number of hydrogen-bond donors (Lipinski definition) is 1. The lowest BCUT2D eigenvalue weighted by Crippen LogP contribution is -2.33. The molecule has 2 saturated carbocycles. The molecular formula is C17H26O2. The maximum atomic E-state index is 9.25. The highest BCUT2D eigenvalue weighted by Gasteiger charge is 2.38. The topological polar surface area (TPSA) is 33.4 Å². The van der Waals surface area contributed by atoms with Gasteiger partial charge in [-0.15, -0.1) is 0 Å². The van der Waals surface area contributed by atoms with Gasteiger partial charge in [-0.3, -0.25) is 0 Å². The molecule has 106 valence electrons. The van der Waals surface area contributed by atoms with Crippen LogP contribution in [0.2, 0.25) is 0 Å². The molecule has 0 saturated heterocycles. The van der Waals surface area contributed by atoms with E-state index in [9.17, 15) is 5.11 Å². The summed E-state index contributed by atoms with van der Waals surface area (Å²) in [6.07, 6.45) is 15.7. The fourth-order valence-electron chi connectivity index (χ4n) is 4.21. The normalized spacial score (nSPS) is 35.6. The molecule has 2 heteroatoms. The minimum absolute atomic E-state index is 0.402. The highest BCUT2D eigenvalue weighted by atomic mass is 16.3. The largest absolute Gasteiger partial charge is 0.472 e. The Labute approximate surface area is 116 Å². The number of hydrogen-bond acceptors (Lipinski definition) is 2. The van der Waals surface area contributed by atoms with Crippen LogP contribution in [0, 0.1) is 17.3 Å². The Bertz CT molecular complexity index is 364. The predicted molar refractivity (Wildman–Crippen MR) is 75.8 cm³/mol. The smallest absolute Gasteiger partial charge is 0.0934 e. The van der Waals surface area contributed by atoms with Crippen molar-refractivity contribution in [2.75, 3.05) is 6.61 Å². The Hall–Kier alpha value is -0.760. The van der Waals surface area contributed by atoms with Gasteiger partial charge in [0.15, 0.2) is 0 Å². The lowest BCUT2D eigenvalue weighted by Gasteiger charge is -2.44. The third-order valence-corrected chi connectivity index (χ3v) is 5.69. The molecule has 19 heavy (non-hydrogen) atoms. The zero-order valence-corrected chi connectivity index (χ0v) is 11.8. The summed E-state index contributed by atoms with van der Waals surface area (Å²) in [5.74, 6) is 1.45. The van der Waals surface area contributed by atoms with Gasteiger partial charge in [-0.1, -0.05) is 0 Å². The molecule has 2 fully saturated rings. The summed E-state index contributed by atoms with van der Waals surface area (Å²) in [5.41, 5.74) is 2.00. The van der Waals surface area contributed by atoms with Crippen LogP contribution in [-0.4, -0.2) is 11.7 Å². The molecule has 1 N–H and O–H groups in total. The van der Waals surface area contributed by atoms with E-state index in [0.717, 1.165) is 5.92 Å². The number of aliphatic hydroxyl groups is 1. The number of furan rings is 1. The first-order chi connectivity index (χ1) is 9.30. The van der Waals surface area contributed by atoms with Crippen molar-refractivity contribution < 1.29 is 9.52 Å². The molecule has 0 aliphatic heterocycles. The van der Waals surface area contributed by atoms with Gasteiger partial charge in [-0.25, -0.2) is 0 Å². The van der Waals surface area contributed by atoms with Crippen LogP contribution in [0.4, 0.5) is 0 Å². The summed E-state index contributed by atoms with van der Waals surface area (Å²) >= 11 is 0. The van der Waals surface area contributed by atoms with E-state index >= 15 is 0 Å². The van der Waals surface area contributed by atoms with Gasteiger partial charge < -0.3 is 9.52 Å². The Morgan fingerprint density at radius 2 is 1.68 bits per heavy atom. The van der Waals surface area contributed by atoms with Crippen LogP contribution in [0.25, 0.3) is 0 Å². The van der Waals surface area contributed by atoms with E-state index in [0.29, 0.717) is 17.9 Å². The van der Waals surface area contributed by atoms with Crippen LogP contribution in [-0.2, 0) is 6.42 Å². The lowest BCUT2D eigenvalue weighted by molar-refractivity contribution is 0.0580. The van der Waals surface area contributed by atoms with E-state index in [4.69, 9.17) is 4.42 Å². The van der Waals surface area contributed by atoms with Gasteiger partial charge >= 0.3 is 0 Å². The van der Waals surface area contributed by atoms with Crippen LogP contribution >= 0.6 is 0 Å². The van der Waals surface area contributed by atoms with E-state index in [1.54, 1.807) is 6.26 Å². The Morgan fingerprint density at radius 3 is 2.21 bits per heavy atom. The molecule has 0 unspecified atom stereocenters. The van der Waals surface area contributed by atoms with Crippen molar-refractivity contribution in [2.45, 2.75) is 57.8 Å². The van der Waals surface area contributed by atoms with E-state index in [1.165, 1.54) is 63.4 Å². The quantitative estimate of drug-likeness (QED) is 0.886. The molecule has 2 aliphatic rings. The van der Waals surface area contributed by atoms with Crippen LogP contribution < -0.4 is 0 Å². The molecule has 0 atom stereocenters. The van der Waals surface area contributed by atoms with Crippen molar-refractivity contribution in [2.24, 2.45) is 17.3 Å². The van der Waals surface area contributed by atoms with Gasteiger partial charge in [0.2, 0.25) is 0 Å². The molecule has 2 nitrogen and oxygen atoms in total. The third kappa shape index (κ3) is 3.05. The maximum Gasteiger partial charge on any atom is 0.0934 e. The molecule has 1 heterocycles. The molecule has 1 spiro atoms. The van der Waals surface area contributed by atoms with E-state index in [1.807, 2.05) is 6.26 Å². The van der Waals surface area contributed by atoms with E-state index in [2.05, 4.69) is 6.07 Å². The van der Waals surface area contributed by atoms with Gasteiger partial charge in [0.25, 0.3) is 0 Å². The molecule has 0 bridgehead atoms. The molecule has 1 aromatic rings. The van der Waals surface area contributed by atoms with Crippen molar-refractivity contribution in [1.29, 1.82) is 0 Å². The van der Waals surface area contributed by atoms with Gasteiger partial charge in [0.05, 0.1) is 12.5 Å². The monoisotopic (exact) mass is 262 g/mol. The van der Waals surface area contributed by atoms with Crippen molar-refractivity contribution in [3.63, 3.8) is 0 Å². The minimum Gasteiger partial charge on any atom is -0.472 e. The second kappa shape index (κ2) is 5.70. The standard InChI is InChI=1S/C17H26O2/c18-12-15-3-8-17(9-4-15)6-1-14(2-7-17)11-16-5-10-19-13-16/h5,10,13-15,18H,1-4,6-9,11-12H2. The zero-order valence-electron chi connectivity index (χ0n) is 11.8. The summed E-state index contributed by atoms with van der Waals surface area (Å²) in [6.45, 7) is 0.402. The second-order valence-corrected chi connectivity index (χ2v) is 6.91. The van der Waals surface area contributed by atoms with Gasteiger partial charge in [-0.05, 0) is 86.7 Å². The fraction of sp³-hybridized carbons (Fsp3) is 0.765. The second-order valence-electron chi connectivity index (χ2n) is 6.91. The minimum atomic E-state index is 0.402. The first kappa shape index (κ1) is 13.2. The van der Waals surface area contributed by atoms with Gasteiger partial charge in [-0.2, -0.15) is 0 Å². The summed E-state index contributed by atoms with van der Waals surface area (Å²) < 4.78 is 5.17. The average Bonchev–Trinajstić information content (AvgIpc) is 2.96. The van der Waals surface area contributed by atoms with Gasteiger partial charge in [0, 0.05) is 6.61 Å². The van der Waals surface area contributed by atoms with Crippen LogP contribution in [0.3, 0.4) is 0 Å². The van der Waals surface area contributed by atoms with Crippen LogP contribution in [0.15, 0.2) is 23.0 Å². The lowest BCUT2D eigenvalue weighted by atomic mass is 9.61. The fourth-order valence-corrected chi connectivity index (χ4v) is 4.21. The molecule has 0 aromatic carbocycles. The maximum absolute atomic E-state index is 9.25. The van der Waals surface area contributed by atoms with Crippen molar-refractivity contribution >= 4 is 0 Å². The molecule has 2 aliphatic carbocycles. The summed E-state index contributed by atoms with van der Waals surface area (Å²) in [5, 5.41) is 9.25. The highest BCUT2D eigenvalue weighted by molar-refractivity contribution is 5.07. The SMILES string of the molecule is OCC1CCC2(CC1)CCC(Cc1ccoc1)CC2. The van der Waals surface area contributed by atoms with Crippen molar-refractivity contribution in [1.82, 2.24) is 0 Å². The molecule has 0 amide bonds. The molecule has 3 rings (SSSR count). The number of rotatable bonds is 3. The van der Waals surface area contributed by atoms with Gasteiger partial charge in [0.1, 0.15) is 0 Å². The van der Waals surface area contributed by atoms with E-state index < -0.39 is 0 Å². The first-order valence-corrected chi connectivity index (χ1v) is 7.92. The Kier molecular flexibility index (Phi) is 3.97. The molecule has 0 radical (unpaired) electrons. The van der Waals surface area contributed by atoms with Crippen LogP contribution in [0.5, 0.6) is 0 Å². The zero-order chi connectivity index (χ0) is 13.1. The summed E-state index contributed by atoms with van der Waals surface area (Å²) in [4.78, 5) is 0. The summed E-state index contributed by atoms with van der Waals surface area (Å²) in [6, 6.07) is 2.11. The van der Waals surface area contributed by atoms with Crippen molar-refractivity contribution in [3.8, 4) is 0 Å². The van der Waals surface area contributed by atoms with E-state index in [-0.39, 0.29) is 0 Å². The predicted octanol–water partition coefficient (Wildman–Crippen LogP) is 4.18.